The van der Waals surface area contributed by atoms with Crippen LogP contribution in [0.5, 0.6) is 5.75 Å². The van der Waals surface area contributed by atoms with Crippen molar-refractivity contribution in [2.45, 2.75) is 0 Å². The van der Waals surface area contributed by atoms with Crippen LogP contribution in [0.1, 0.15) is 0 Å². The summed E-state index contributed by atoms with van der Waals surface area (Å²) in [6, 6.07) is 8.69. The summed E-state index contributed by atoms with van der Waals surface area (Å²) in [5.41, 5.74) is 0.874. The maximum atomic E-state index is 13.4. The van der Waals surface area contributed by atoms with Crippen LogP contribution in [0.4, 0.5) is 4.39 Å². The Morgan fingerprint density at radius 1 is 1.19 bits per heavy atom. The van der Waals surface area contributed by atoms with E-state index >= 15 is 0 Å². The molecule has 0 aliphatic carbocycles. The van der Waals surface area contributed by atoms with E-state index in [2.05, 4.69) is 26.1 Å². The van der Waals surface area contributed by atoms with Gasteiger partial charge in [-0.1, -0.05) is 32.7 Å². The summed E-state index contributed by atoms with van der Waals surface area (Å²) in [6.45, 7) is 0. The molecule has 4 nitrogen and oxygen atoms in total. The predicted octanol–water partition coefficient (Wildman–Crippen LogP) is 4.66. The molecule has 1 heterocycles. The largest absolute Gasteiger partial charge is 0.508 e. The lowest BCUT2D eigenvalue weighted by Crippen LogP contribution is -1.84. The van der Waals surface area contributed by atoms with Crippen LogP contribution in [0.25, 0.3) is 22.8 Å². The van der Waals surface area contributed by atoms with E-state index in [-0.39, 0.29) is 17.5 Å². The number of aromatic hydroxyl groups is 1. The summed E-state index contributed by atoms with van der Waals surface area (Å²) in [6.07, 6.45) is 0. The number of nitrogens with zero attached hydrogens (tertiary/aromatic N) is 2. The van der Waals surface area contributed by atoms with Crippen LogP contribution in [0.15, 0.2) is 45.4 Å². The van der Waals surface area contributed by atoms with Crippen LogP contribution in [0, 0.1) is 5.82 Å². The molecule has 0 aliphatic rings. The van der Waals surface area contributed by atoms with Gasteiger partial charge in [-0.25, -0.2) is 4.39 Å². The Labute approximate surface area is 132 Å². The summed E-state index contributed by atoms with van der Waals surface area (Å²) in [5.74, 6) is -0.0142. The van der Waals surface area contributed by atoms with Crippen molar-refractivity contribution in [1.82, 2.24) is 10.1 Å². The van der Waals surface area contributed by atoms with E-state index in [1.165, 1.54) is 30.3 Å². The third-order valence-corrected chi connectivity index (χ3v) is 3.51. The number of halogens is 3. The highest BCUT2D eigenvalue weighted by molar-refractivity contribution is 9.10. The highest BCUT2D eigenvalue weighted by Crippen LogP contribution is 2.31. The van der Waals surface area contributed by atoms with Gasteiger partial charge in [0.15, 0.2) is 0 Å². The van der Waals surface area contributed by atoms with Gasteiger partial charge in [0.1, 0.15) is 11.6 Å². The number of rotatable bonds is 2. The minimum absolute atomic E-state index is 0.0302. The van der Waals surface area contributed by atoms with Crippen molar-refractivity contribution in [3.63, 3.8) is 0 Å². The van der Waals surface area contributed by atoms with Crippen molar-refractivity contribution in [2.24, 2.45) is 0 Å². The first-order valence-corrected chi connectivity index (χ1v) is 6.99. The molecule has 21 heavy (non-hydrogen) atoms. The summed E-state index contributed by atoms with van der Waals surface area (Å²) in [7, 11) is 0. The average molecular weight is 370 g/mol. The fraction of sp³-hybridized carbons (Fsp3) is 0. The molecule has 0 bridgehead atoms. The van der Waals surface area contributed by atoms with E-state index in [0.29, 0.717) is 20.6 Å². The first kappa shape index (κ1) is 14.0. The van der Waals surface area contributed by atoms with Crippen LogP contribution >= 0.6 is 27.5 Å². The molecule has 1 aromatic heterocycles. The van der Waals surface area contributed by atoms with E-state index < -0.39 is 5.82 Å². The molecule has 1 N–H and O–H groups in total. The molecule has 106 valence electrons. The number of aromatic nitrogens is 2. The summed E-state index contributed by atoms with van der Waals surface area (Å²) < 4.78 is 19.1. The second-order valence-corrected chi connectivity index (χ2v) is 5.57. The van der Waals surface area contributed by atoms with Crippen LogP contribution in [0.3, 0.4) is 0 Å². The number of hydrogen-bond acceptors (Lipinski definition) is 4. The van der Waals surface area contributed by atoms with Gasteiger partial charge in [-0.3, -0.25) is 0 Å². The minimum Gasteiger partial charge on any atom is -0.508 e. The summed E-state index contributed by atoms with van der Waals surface area (Å²) in [4.78, 5) is 4.17. The zero-order valence-corrected chi connectivity index (χ0v) is 12.7. The quantitative estimate of drug-likeness (QED) is 0.713. The third kappa shape index (κ3) is 2.91. The number of phenolic OH excluding ortho intramolecular Hbond substituents is 1. The molecule has 0 fully saturated rings. The molecule has 2 aromatic carbocycles. The van der Waals surface area contributed by atoms with Gasteiger partial charge in [-0.15, -0.1) is 0 Å². The van der Waals surface area contributed by atoms with E-state index in [0.717, 1.165) is 0 Å². The Morgan fingerprint density at radius 3 is 2.76 bits per heavy atom. The molecule has 0 aliphatic heterocycles. The van der Waals surface area contributed by atoms with Crippen molar-refractivity contribution < 1.29 is 14.0 Å². The normalized spacial score (nSPS) is 10.8. The summed E-state index contributed by atoms with van der Waals surface area (Å²) in [5, 5.41) is 13.7. The van der Waals surface area contributed by atoms with Crippen molar-refractivity contribution in [2.75, 3.05) is 0 Å². The molecular formula is C14H7BrClFN2O2. The van der Waals surface area contributed by atoms with Gasteiger partial charge < -0.3 is 9.63 Å². The number of phenols is 1. The zero-order valence-electron chi connectivity index (χ0n) is 10.3. The van der Waals surface area contributed by atoms with Crippen LogP contribution in [0.2, 0.25) is 5.02 Å². The van der Waals surface area contributed by atoms with E-state index in [1.54, 1.807) is 6.07 Å². The van der Waals surface area contributed by atoms with Crippen molar-refractivity contribution in [1.29, 1.82) is 0 Å². The van der Waals surface area contributed by atoms with Gasteiger partial charge in [0.25, 0.3) is 5.89 Å². The standard InChI is InChI=1S/C14H7BrClFN2O2/c15-8-3-7(4-9(17)5-8)13-18-14(21-19-13)11-6-10(20)1-2-12(11)16/h1-6,20H. The van der Waals surface area contributed by atoms with Gasteiger partial charge in [-0.05, 0) is 36.4 Å². The molecule has 7 heteroatoms. The fourth-order valence-electron chi connectivity index (χ4n) is 1.81. The Morgan fingerprint density at radius 2 is 2.00 bits per heavy atom. The monoisotopic (exact) mass is 368 g/mol. The van der Waals surface area contributed by atoms with Crippen LogP contribution in [-0.2, 0) is 0 Å². The SMILES string of the molecule is Oc1ccc(Cl)c(-c2nc(-c3cc(F)cc(Br)c3)no2)c1. The maximum absolute atomic E-state index is 13.4. The molecule has 0 saturated carbocycles. The van der Waals surface area contributed by atoms with E-state index in [9.17, 15) is 9.50 Å². The Balaban J connectivity index is 2.05. The Bertz CT molecular complexity index is 802. The van der Waals surface area contributed by atoms with Gasteiger partial charge in [-0.2, -0.15) is 4.98 Å². The lowest BCUT2D eigenvalue weighted by Gasteiger charge is -1.99. The lowest BCUT2D eigenvalue weighted by molar-refractivity contribution is 0.431. The van der Waals surface area contributed by atoms with Crippen molar-refractivity contribution in [3.8, 4) is 28.6 Å². The molecule has 0 saturated heterocycles. The highest BCUT2D eigenvalue weighted by atomic mass is 79.9. The predicted molar refractivity (Wildman–Crippen MR) is 79.5 cm³/mol. The van der Waals surface area contributed by atoms with E-state index in [1.807, 2.05) is 0 Å². The number of benzene rings is 2. The van der Waals surface area contributed by atoms with Gasteiger partial charge in [0.2, 0.25) is 5.82 Å². The maximum Gasteiger partial charge on any atom is 0.259 e. The molecule has 0 unspecified atom stereocenters. The fourth-order valence-corrected chi connectivity index (χ4v) is 2.47. The molecule has 0 radical (unpaired) electrons. The molecule has 0 amide bonds. The highest BCUT2D eigenvalue weighted by Gasteiger charge is 2.15. The molecule has 0 atom stereocenters. The average Bonchev–Trinajstić information content (AvgIpc) is 2.90. The topological polar surface area (TPSA) is 59.2 Å². The Hall–Kier alpha value is -1.92. The molecule has 3 rings (SSSR count). The van der Waals surface area contributed by atoms with Crippen LogP contribution < -0.4 is 0 Å². The van der Waals surface area contributed by atoms with Gasteiger partial charge in [0, 0.05) is 10.0 Å². The number of hydrogen-bond donors (Lipinski definition) is 1. The molecule has 3 aromatic rings. The van der Waals surface area contributed by atoms with E-state index in [4.69, 9.17) is 16.1 Å². The zero-order chi connectivity index (χ0) is 15.0. The Kier molecular flexibility index (Phi) is 3.65. The van der Waals surface area contributed by atoms with Gasteiger partial charge in [0.05, 0.1) is 10.6 Å². The third-order valence-electron chi connectivity index (χ3n) is 2.73. The van der Waals surface area contributed by atoms with Crippen molar-refractivity contribution >= 4 is 27.5 Å². The lowest BCUT2D eigenvalue weighted by atomic mass is 10.2. The smallest absolute Gasteiger partial charge is 0.259 e. The first-order valence-electron chi connectivity index (χ1n) is 5.82. The first-order chi connectivity index (χ1) is 10.0. The molecule has 0 spiro atoms. The van der Waals surface area contributed by atoms with Crippen LogP contribution in [-0.4, -0.2) is 15.2 Å². The second kappa shape index (κ2) is 5.46. The van der Waals surface area contributed by atoms with Gasteiger partial charge >= 0.3 is 0 Å². The second-order valence-electron chi connectivity index (χ2n) is 4.25. The molecular weight excluding hydrogens is 363 g/mol. The summed E-state index contributed by atoms with van der Waals surface area (Å²) >= 11 is 9.23. The minimum atomic E-state index is -0.416. The van der Waals surface area contributed by atoms with Crippen molar-refractivity contribution in [3.05, 3.63) is 51.7 Å².